The second-order valence-electron chi connectivity index (χ2n) is 7.16. The van der Waals surface area contributed by atoms with Gasteiger partial charge in [0.15, 0.2) is 0 Å². The van der Waals surface area contributed by atoms with Gasteiger partial charge in [0.05, 0.1) is 0 Å². The molecule has 1 heterocycles. The van der Waals surface area contributed by atoms with E-state index in [1.165, 1.54) is 24.8 Å². The first-order chi connectivity index (χ1) is 10.1. The summed E-state index contributed by atoms with van der Waals surface area (Å²) in [5.74, 6) is 1.40. The van der Waals surface area contributed by atoms with Crippen molar-refractivity contribution in [1.82, 2.24) is 5.32 Å². The summed E-state index contributed by atoms with van der Waals surface area (Å²) >= 11 is 0. The average molecular weight is 289 g/mol. The lowest BCUT2D eigenvalue weighted by molar-refractivity contribution is 0.0562. The minimum absolute atomic E-state index is 0.143. The first-order valence-corrected chi connectivity index (χ1v) is 8.24. The van der Waals surface area contributed by atoms with Crippen molar-refractivity contribution in [3.8, 4) is 5.75 Å². The van der Waals surface area contributed by atoms with E-state index in [0.29, 0.717) is 24.6 Å². The molecule has 3 unspecified atom stereocenters. The van der Waals surface area contributed by atoms with Crippen LogP contribution in [0.5, 0.6) is 5.75 Å². The number of benzene rings is 1. The van der Waals surface area contributed by atoms with Crippen LogP contribution in [0.2, 0.25) is 0 Å². The summed E-state index contributed by atoms with van der Waals surface area (Å²) in [6.45, 7) is 4.61. The molecule has 0 spiro atoms. The van der Waals surface area contributed by atoms with Crippen LogP contribution >= 0.6 is 0 Å². The van der Waals surface area contributed by atoms with Crippen molar-refractivity contribution in [3.63, 3.8) is 0 Å². The van der Waals surface area contributed by atoms with Crippen LogP contribution in [0.3, 0.4) is 0 Å². The number of ether oxygens (including phenoxy) is 1. The van der Waals surface area contributed by atoms with Crippen molar-refractivity contribution in [3.05, 3.63) is 29.8 Å². The first-order valence-electron chi connectivity index (χ1n) is 8.24. The highest BCUT2D eigenvalue weighted by Crippen LogP contribution is 2.40. The number of hydrogen-bond acceptors (Lipinski definition) is 3. The Morgan fingerprint density at radius 1 is 1.24 bits per heavy atom. The lowest BCUT2D eigenvalue weighted by Gasteiger charge is -2.41. The Morgan fingerprint density at radius 3 is 2.81 bits per heavy atom. The average Bonchev–Trinajstić information content (AvgIpc) is 2.46. The van der Waals surface area contributed by atoms with Crippen molar-refractivity contribution in [1.29, 1.82) is 0 Å². The Balaban J connectivity index is 1.81. The molecule has 3 rings (SSSR count). The van der Waals surface area contributed by atoms with Crippen molar-refractivity contribution >= 4 is 0 Å². The number of aliphatic hydroxyl groups excluding tert-OH is 1. The number of rotatable bonds is 3. The number of aliphatic hydroxyl groups is 1. The number of hydrogen-bond donors (Lipinski definition) is 2. The zero-order valence-electron chi connectivity index (χ0n) is 13.1. The molecule has 2 N–H and O–H groups in total. The highest BCUT2D eigenvalue weighted by molar-refractivity contribution is 5.38. The summed E-state index contributed by atoms with van der Waals surface area (Å²) in [7, 11) is 0. The zero-order valence-corrected chi connectivity index (χ0v) is 13.1. The molecule has 0 aromatic heterocycles. The Bertz CT molecular complexity index is 486. The number of fused-ring (bicyclic) bond motifs is 1. The molecule has 21 heavy (non-hydrogen) atoms. The topological polar surface area (TPSA) is 41.5 Å². The quantitative estimate of drug-likeness (QED) is 0.896. The smallest absolute Gasteiger partial charge is 0.124 e. The van der Waals surface area contributed by atoms with Gasteiger partial charge in [-0.1, -0.05) is 31.0 Å². The van der Waals surface area contributed by atoms with Crippen molar-refractivity contribution in [2.75, 3.05) is 6.61 Å². The molecule has 3 heteroatoms. The second kappa shape index (κ2) is 5.98. The van der Waals surface area contributed by atoms with E-state index in [1.807, 2.05) is 6.07 Å². The molecular weight excluding hydrogens is 262 g/mol. The first kappa shape index (κ1) is 14.9. The molecule has 3 atom stereocenters. The Hall–Kier alpha value is -1.06. The molecule has 1 aliphatic carbocycles. The third kappa shape index (κ3) is 3.24. The molecule has 1 saturated carbocycles. The van der Waals surface area contributed by atoms with Crippen LogP contribution in [-0.2, 0) is 0 Å². The number of para-hydroxylation sites is 1. The summed E-state index contributed by atoms with van der Waals surface area (Å²) in [6, 6.07) is 9.10. The monoisotopic (exact) mass is 289 g/mol. The van der Waals surface area contributed by atoms with Gasteiger partial charge in [0, 0.05) is 30.7 Å². The molecule has 0 saturated heterocycles. The standard InChI is InChI=1S/C18H27NO2/c1-18(2)11-16(14-8-4-6-10-17(14)21-18)19-15-9-5-3-7-13(15)12-20/h4,6,8,10,13,15-16,19-20H,3,5,7,9,11-12H2,1-2H3. The van der Waals surface area contributed by atoms with E-state index < -0.39 is 0 Å². The van der Waals surface area contributed by atoms with E-state index in [1.54, 1.807) is 0 Å². The normalized spacial score (nSPS) is 31.3. The molecule has 1 aliphatic heterocycles. The van der Waals surface area contributed by atoms with Crippen LogP contribution in [0, 0.1) is 5.92 Å². The molecule has 0 radical (unpaired) electrons. The van der Waals surface area contributed by atoms with Gasteiger partial charge in [-0.2, -0.15) is 0 Å². The predicted molar refractivity (Wildman–Crippen MR) is 84.5 cm³/mol. The maximum absolute atomic E-state index is 9.62. The Morgan fingerprint density at radius 2 is 2.00 bits per heavy atom. The van der Waals surface area contributed by atoms with E-state index >= 15 is 0 Å². The fraction of sp³-hybridized carbons (Fsp3) is 0.667. The molecule has 0 amide bonds. The summed E-state index contributed by atoms with van der Waals surface area (Å²) in [5.41, 5.74) is 1.12. The van der Waals surface area contributed by atoms with Crippen LogP contribution in [-0.4, -0.2) is 23.4 Å². The minimum atomic E-state index is -0.143. The van der Waals surface area contributed by atoms with Gasteiger partial charge in [-0.05, 0) is 38.7 Å². The van der Waals surface area contributed by atoms with Crippen LogP contribution in [0.4, 0.5) is 0 Å². The van der Waals surface area contributed by atoms with E-state index in [4.69, 9.17) is 4.74 Å². The SMILES string of the molecule is CC1(C)CC(NC2CCCCC2CO)c2ccccc2O1. The van der Waals surface area contributed by atoms with Gasteiger partial charge in [-0.15, -0.1) is 0 Å². The summed E-state index contributed by atoms with van der Waals surface area (Å²) in [4.78, 5) is 0. The van der Waals surface area contributed by atoms with Crippen LogP contribution in [0.25, 0.3) is 0 Å². The maximum Gasteiger partial charge on any atom is 0.124 e. The van der Waals surface area contributed by atoms with Crippen LogP contribution in [0.1, 0.15) is 57.6 Å². The molecule has 2 aliphatic rings. The van der Waals surface area contributed by atoms with Gasteiger partial charge in [0.25, 0.3) is 0 Å². The van der Waals surface area contributed by atoms with Gasteiger partial charge in [-0.3, -0.25) is 0 Å². The lowest BCUT2D eigenvalue weighted by atomic mass is 9.82. The van der Waals surface area contributed by atoms with E-state index in [2.05, 4.69) is 37.4 Å². The molecule has 1 aromatic carbocycles. The fourth-order valence-corrected chi connectivity index (χ4v) is 3.85. The highest BCUT2D eigenvalue weighted by atomic mass is 16.5. The van der Waals surface area contributed by atoms with Gasteiger partial charge < -0.3 is 15.2 Å². The molecule has 3 nitrogen and oxygen atoms in total. The van der Waals surface area contributed by atoms with E-state index in [-0.39, 0.29) is 5.60 Å². The van der Waals surface area contributed by atoms with E-state index in [9.17, 15) is 5.11 Å². The fourth-order valence-electron chi connectivity index (χ4n) is 3.85. The molecule has 1 aromatic rings. The van der Waals surface area contributed by atoms with Crippen LogP contribution in [0.15, 0.2) is 24.3 Å². The van der Waals surface area contributed by atoms with Gasteiger partial charge in [0.2, 0.25) is 0 Å². The second-order valence-corrected chi connectivity index (χ2v) is 7.16. The molecule has 1 fully saturated rings. The molecule has 0 bridgehead atoms. The highest BCUT2D eigenvalue weighted by Gasteiger charge is 2.36. The summed E-state index contributed by atoms with van der Waals surface area (Å²) in [5, 5.41) is 13.5. The zero-order chi connectivity index (χ0) is 14.9. The maximum atomic E-state index is 9.62. The lowest BCUT2D eigenvalue weighted by Crippen LogP contribution is -2.46. The van der Waals surface area contributed by atoms with Gasteiger partial charge in [0.1, 0.15) is 11.4 Å². The van der Waals surface area contributed by atoms with Crippen LogP contribution < -0.4 is 10.1 Å². The van der Waals surface area contributed by atoms with Crippen molar-refractivity contribution in [2.45, 2.75) is 63.6 Å². The van der Waals surface area contributed by atoms with Gasteiger partial charge >= 0.3 is 0 Å². The molecular formula is C18H27NO2. The number of nitrogens with one attached hydrogen (secondary N) is 1. The van der Waals surface area contributed by atoms with Gasteiger partial charge in [-0.25, -0.2) is 0 Å². The summed E-state index contributed by atoms with van der Waals surface area (Å²) in [6.07, 6.45) is 5.80. The van der Waals surface area contributed by atoms with E-state index in [0.717, 1.165) is 18.6 Å². The third-order valence-electron chi connectivity index (χ3n) is 4.94. The Labute approximate surface area is 127 Å². The minimum Gasteiger partial charge on any atom is -0.487 e. The van der Waals surface area contributed by atoms with Crippen molar-refractivity contribution < 1.29 is 9.84 Å². The summed E-state index contributed by atoms with van der Waals surface area (Å²) < 4.78 is 6.10. The largest absolute Gasteiger partial charge is 0.487 e. The predicted octanol–water partition coefficient (Wildman–Crippen LogP) is 3.43. The van der Waals surface area contributed by atoms with Crippen molar-refractivity contribution in [2.24, 2.45) is 5.92 Å². The third-order valence-corrected chi connectivity index (χ3v) is 4.94. The molecule has 116 valence electrons. The Kier molecular flexibility index (Phi) is 4.23.